The van der Waals surface area contributed by atoms with Gasteiger partial charge in [0, 0.05) is 19.3 Å². The molecule has 13 heavy (non-hydrogen) atoms. The number of benzene rings is 1. The van der Waals surface area contributed by atoms with Gasteiger partial charge in [0.05, 0.1) is 15.8 Å². The molecule has 0 atom stereocenters. The van der Waals surface area contributed by atoms with Crippen LogP contribution >= 0.6 is 0 Å². The van der Waals surface area contributed by atoms with E-state index in [1.54, 1.807) is 12.1 Å². The van der Waals surface area contributed by atoms with Crippen molar-refractivity contribution in [2.75, 3.05) is 0 Å². The molecule has 4 heteroatoms. The summed E-state index contributed by atoms with van der Waals surface area (Å²) in [7, 11) is 1.87. The predicted molar refractivity (Wildman–Crippen MR) is 49.6 cm³/mol. The highest BCUT2D eigenvalue weighted by Gasteiger charge is 2.11. The smallest absolute Gasteiger partial charge is 0.278 e. The molecule has 0 bridgehead atoms. The van der Waals surface area contributed by atoms with Gasteiger partial charge in [0.25, 0.3) is 5.69 Å². The molecule has 0 aliphatic heterocycles. The Morgan fingerprint density at radius 2 is 2.15 bits per heavy atom. The fraction of sp³-hybridized carbons (Fsp3) is 0.111. The largest absolute Gasteiger partial charge is 0.350 e. The lowest BCUT2D eigenvalue weighted by molar-refractivity contribution is -0.383. The highest BCUT2D eigenvalue weighted by molar-refractivity contribution is 5.88. The van der Waals surface area contributed by atoms with E-state index in [0.717, 1.165) is 5.52 Å². The van der Waals surface area contributed by atoms with E-state index in [0.29, 0.717) is 5.39 Å². The zero-order valence-electron chi connectivity index (χ0n) is 7.10. The zero-order chi connectivity index (χ0) is 9.42. The van der Waals surface area contributed by atoms with Crippen LogP contribution in [0.4, 0.5) is 5.69 Å². The van der Waals surface area contributed by atoms with Crippen molar-refractivity contribution >= 4 is 16.6 Å². The molecule has 1 aromatic carbocycles. The second-order valence-electron chi connectivity index (χ2n) is 2.89. The van der Waals surface area contributed by atoms with Crippen molar-refractivity contribution in [1.29, 1.82) is 0 Å². The molecular formula is C9H8N2O2. The van der Waals surface area contributed by atoms with Crippen LogP contribution in [0.15, 0.2) is 30.5 Å². The van der Waals surface area contributed by atoms with Gasteiger partial charge in [0.1, 0.15) is 0 Å². The number of nitrogens with zero attached hydrogens (tertiary/aromatic N) is 2. The second kappa shape index (κ2) is 2.58. The van der Waals surface area contributed by atoms with Crippen molar-refractivity contribution in [3.05, 3.63) is 40.6 Å². The first kappa shape index (κ1) is 7.79. The topological polar surface area (TPSA) is 48.1 Å². The van der Waals surface area contributed by atoms with Crippen LogP contribution in [0.1, 0.15) is 0 Å². The Kier molecular flexibility index (Phi) is 1.55. The molecule has 66 valence electrons. The van der Waals surface area contributed by atoms with Crippen LogP contribution in [0, 0.1) is 10.1 Å². The molecule has 2 rings (SSSR count). The Labute approximate surface area is 74.6 Å². The molecule has 0 aliphatic rings. The van der Waals surface area contributed by atoms with Crippen molar-refractivity contribution < 1.29 is 4.92 Å². The summed E-state index contributed by atoms with van der Waals surface area (Å²) in [6.07, 6.45) is 1.82. The van der Waals surface area contributed by atoms with Crippen LogP contribution in [-0.2, 0) is 7.05 Å². The normalized spacial score (nSPS) is 10.5. The number of non-ortho nitro benzene ring substituents is 1. The number of rotatable bonds is 1. The summed E-state index contributed by atoms with van der Waals surface area (Å²) < 4.78 is 1.86. The molecule has 2 aromatic rings. The SMILES string of the molecule is Cn1ccc2c([N+](=O)[O-])cccc21. The minimum absolute atomic E-state index is 0.165. The Balaban J connectivity index is 2.84. The number of nitro benzene ring substituents is 1. The zero-order valence-corrected chi connectivity index (χ0v) is 7.10. The highest BCUT2D eigenvalue weighted by Crippen LogP contribution is 2.25. The number of hydrogen-bond acceptors (Lipinski definition) is 2. The Morgan fingerprint density at radius 3 is 2.85 bits per heavy atom. The summed E-state index contributed by atoms with van der Waals surface area (Å²) in [5.74, 6) is 0. The minimum Gasteiger partial charge on any atom is -0.350 e. The molecule has 0 saturated heterocycles. The van der Waals surface area contributed by atoms with E-state index in [4.69, 9.17) is 0 Å². The van der Waals surface area contributed by atoms with Gasteiger partial charge in [-0.25, -0.2) is 0 Å². The Bertz CT molecular complexity index is 473. The van der Waals surface area contributed by atoms with Gasteiger partial charge in [0.2, 0.25) is 0 Å². The molecule has 0 aliphatic carbocycles. The number of hydrogen-bond donors (Lipinski definition) is 0. The summed E-state index contributed by atoms with van der Waals surface area (Å²) in [5, 5.41) is 11.3. The predicted octanol–water partition coefficient (Wildman–Crippen LogP) is 2.09. The number of aromatic nitrogens is 1. The maximum atomic E-state index is 10.6. The molecule has 1 heterocycles. The van der Waals surface area contributed by atoms with E-state index < -0.39 is 0 Å². The maximum absolute atomic E-state index is 10.6. The summed E-state index contributed by atoms with van der Waals surface area (Å²) >= 11 is 0. The highest BCUT2D eigenvalue weighted by atomic mass is 16.6. The summed E-state index contributed by atoms with van der Waals surface area (Å²) in [4.78, 5) is 10.3. The minimum atomic E-state index is -0.359. The lowest BCUT2D eigenvalue weighted by Gasteiger charge is -1.95. The third kappa shape index (κ3) is 1.07. The van der Waals surface area contributed by atoms with Gasteiger partial charge in [-0.2, -0.15) is 0 Å². The van der Waals surface area contributed by atoms with Crippen molar-refractivity contribution in [3.63, 3.8) is 0 Å². The fourth-order valence-electron chi connectivity index (χ4n) is 1.45. The average molecular weight is 176 g/mol. The molecular weight excluding hydrogens is 168 g/mol. The number of aryl methyl sites for hydroxylation is 1. The first-order valence-corrected chi connectivity index (χ1v) is 3.88. The number of fused-ring (bicyclic) bond motifs is 1. The van der Waals surface area contributed by atoms with Crippen LogP contribution in [0.3, 0.4) is 0 Å². The lowest BCUT2D eigenvalue weighted by atomic mass is 10.2. The molecule has 0 fully saturated rings. The molecule has 0 saturated carbocycles. The average Bonchev–Trinajstić information content (AvgIpc) is 2.48. The summed E-state index contributed by atoms with van der Waals surface area (Å²) in [5.41, 5.74) is 1.05. The molecule has 0 unspecified atom stereocenters. The third-order valence-electron chi connectivity index (χ3n) is 2.10. The second-order valence-corrected chi connectivity index (χ2v) is 2.89. The van der Waals surface area contributed by atoms with Gasteiger partial charge in [-0.05, 0) is 12.1 Å². The van der Waals surface area contributed by atoms with Crippen LogP contribution < -0.4 is 0 Å². The van der Waals surface area contributed by atoms with Crippen LogP contribution in [0.2, 0.25) is 0 Å². The van der Waals surface area contributed by atoms with E-state index in [1.165, 1.54) is 6.07 Å². The van der Waals surface area contributed by atoms with Crippen molar-refractivity contribution in [2.45, 2.75) is 0 Å². The van der Waals surface area contributed by atoms with E-state index in [1.807, 2.05) is 23.9 Å². The van der Waals surface area contributed by atoms with Gasteiger partial charge < -0.3 is 4.57 Å². The van der Waals surface area contributed by atoms with Gasteiger partial charge >= 0.3 is 0 Å². The van der Waals surface area contributed by atoms with Gasteiger partial charge in [-0.1, -0.05) is 6.07 Å². The quantitative estimate of drug-likeness (QED) is 0.493. The van der Waals surface area contributed by atoms with Crippen molar-refractivity contribution in [3.8, 4) is 0 Å². The van der Waals surface area contributed by atoms with E-state index in [2.05, 4.69) is 0 Å². The maximum Gasteiger partial charge on any atom is 0.278 e. The van der Waals surface area contributed by atoms with E-state index in [9.17, 15) is 10.1 Å². The monoisotopic (exact) mass is 176 g/mol. The molecule has 0 radical (unpaired) electrons. The van der Waals surface area contributed by atoms with Crippen LogP contribution in [0.5, 0.6) is 0 Å². The molecule has 0 amide bonds. The Morgan fingerprint density at radius 1 is 1.38 bits per heavy atom. The van der Waals surface area contributed by atoms with Crippen molar-refractivity contribution in [1.82, 2.24) is 4.57 Å². The summed E-state index contributed by atoms with van der Waals surface area (Å²) in [6.45, 7) is 0. The fourth-order valence-corrected chi connectivity index (χ4v) is 1.45. The van der Waals surface area contributed by atoms with E-state index >= 15 is 0 Å². The summed E-state index contributed by atoms with van der Waals surface area (Å²) in [6, 6.07) is 6.83. The van der Waals surface area contributed by atoms with Gasteiger partial charge in [-0.15, -0.1) is 0 Å². The first-order valence-electron chi connectivity index (χ1n) is 3.88. The Hall–Kier alpha value is -1.84. The van der Waals surface area contributed by atoms with Gasteiger partial charge in [0.15, 0.2) is 0 Å². The van der Waals surface area contributed by atoms with E-state index in [-0.39, 0.29) is 10.6 Å². The third-order valence-corrected chi connectivity index (χ3v) is 2.10. The van der Waals surface area contributed by atoms with Crippen molar-refractivity contribution in [2.24, 2.45) is 7.05 Å². The van der Waals surface area contributed by atoms with Crippen LogP contribution in [0.25, 0.3) is 10.9 Å². The lowest BCUT2D eigenvalue weighted by Crippen LogP contribution is -1.89. The van der Waals surface area contributed by atoms with Gasteiger partial charge in [-0.3, -0.25) is 10.1 Å². The standard InChI is InChI=1S/C9H8N2O2/c1-10-6-5-7-8(10)3-2-4-9(7)11(12)13/h2-6H,1H3. The molecule has 0 N–H and O–H groups in total. The first-order chi connectivity index (χ1) is 6.20. The number of nitro groups is 1. The molecule has 0 spiro atoms. The van der Waals surface area contributed by atoms with Crippen LogP contribution in [-0.4, -0.2) is 9.49 Å². The molecule has 1 aromatic heterocycles. The molecule has 4 nitrogen and oxygen atoms in total.